The predicted molar refractivity (Wildman–Crippen MR) is 109 cm³/mol. The number of hydrogen-bond acceptors (Lipinski definition) is 4. The van der Waals surface area contributed by atoms with Crippen LogP contribution in [0.3, 0.4) is 0 Å². The Bertz CT molecular complexity index is 916. The van der Waals surface area contributed by atoms with Crippen molar-refractivity contribution >= 4 is 34.6 Å². The third kappa shape index (κ3) is 4.06. The second-order valence-electron chi connectivity index (χ2n) is 5.84. The van der Waals surface area contributed by atoms with Gasteiger partial charge in [-0.3, -0.25) is 4.79 Å². The third-order valence-electron chi connectivity index (χ3n) is 4.01. The number of thioether (sulfide) groups is 1. The number of hydrogen-bond donors (Lipinski definition) is 1. The number of carbonyl (C=O) groups excluding carboxylic acids is 1. The van der Waals surface area contributed by atoms with Gasteiger partial charge in [0.25, 0.3) is 5.91 Å². The van der Waals surface area contributed by atoms with E-state index in [0.29, 0.717) is 22.4 Å². The van der Waals surface area contributed by atoms with Crippen LogP contribution in [0.25, 0.3) is 6.08 Å². The highest BCUT2D eigenvalue weighted by Gasteiger charge is 2.24. The number of para-hydroxylation sites is 1. The molecule has 0 aliphatic carbocycles. The van der Waals surface area contributed by atoms with Crippen molar-refractivity contribution in [2.24, 2.45) is 4.99 Å². The molecule has 1 aliphatic rings. The van der Waals surface area contributed by atoms with Crippen LogP contribution in [0.15, 0.2) is 65.0 Å². The monoisotopic (exact) mass is 364 g/mol. The second-order valence-corrected chi connectivity index (χ2v) is 6.87. The van der Waals surface area contributed by atoms with Crippen LogP contribution in [0.1, 0.15) is 16.7 Å². The second kappa shape index (κ2) is 8.06. The zero-order chi connectivity index (χ0) is 18.5. The van der Waals surface area contributed by atoms with Gasteiger partial charge in [0.05, 0.1) is 10.6 Å². The SMILES string of the molecule is C=CCOc1ccccc1C=C1SC(=Nc2cccc(C)c2C)NC1=O. The fourth-order valence-electron chi connectivity index (χ4n) is 2.47. The summed E-state index contributed by atoms with van der Waals surface area (Å²) in [5, 5.41) is 3.41. The number of aliphatic imine (C=N–C) groups is 1. The molecule has 132 valence electrons. The summed E-state index contributed by atoms with van der Waals surface area (Å²) in [5.74, 6) is 0.561. The fraction of sp³-hybridized carbons (Fsp3) is 0.143. The van der Waals surface area contributed by atoms with Crippen LogP contribution in [0, 0.1) is 13.8 Å². The summed E-state index contributed by atoms with van der Waals surface area (Å²) in [6.07, 6.45) is 3.51. The lowest BCUT2D eigenvalue weighted by Gasteiger charge is -2.06. The van der Waals surface area contributed by atoms with Crippen LogP contribution in [-0.4, -0.2) is 17.7 Å². The van der Waals surface area contributed by atoms with Crippen molar-refractivity contribution in [2.75, 3.05) is 6.61 Å². The minimum absolute atomic E-state index is 0.155. The molecule has 1 N–H and O–H groups in total. The number of nitrogens with one attached hydrogen (secondary N) is 1. The molecule has 1 heterocycles. The van der Waals surface area contributed by atoms with Crippen LogP contribution in [0.5, 0.6) is 5.75 Å². The highest BCUT2D eigenvalue weighted by atomic mass is 32.2. The van der Waals surface area contributed by atoms with E-state index >= 15 is 0 Å². The van der Waals surface area contributed by atoms with Gasteiger partial charge >= 0.3 is 0 Å². The van der Waals surface area contributed by atoms with Gasteiger partial charge in [-0.2, -0.15) is 0 Å². The number of benzene rings is 2. The van der Waals surface area contributed by atoms with E-state index in [2.05, 4.69) is 16.9 Å². The normalized spacial score (nSPS) is 16.8. The zero-order valence-electron chi connectivity index (χ0n) is 14.8. The Labute approximate surface area is 157 Å². The standard InChI is InChI=1S/C21H20N2O2S/c1-4-12-25-18-11-6-5-9-16(18)13-19-20(24)23-21(26-19)22-17-10-7-8-14(2)15(17)3/h4-11,13H,1,12H2,2-3H3,(H,22,23,24). The van der Waals surface area contributed by atoms with E-state index in [9.17, 15) is 4.79 Å². The Morgan fingerprint density at radius 3 is 2.81 bits per heavy atom. The summed E-state index contributed by atoms with van der Waals surface area (Å²) >= 11 is 1.33. The van der Waals surface area contributed by atoms with Gasteiger partial charge in [0, 0.05) is 5.56 Å². The molecule has 1 fully saturated rings. The molecule has 5 heteroatoms. The highest BCUT2D eigenvalue weighted by molar-refractivity contribution is 8.18. The fourth-order valence-corrected chi connectivity index (χ4v) is 3.29. The van der Waals surface area contributed by atoms with Crippen LogP contribution in [-0.2, 0) is 4.79 Å². The lowest BCUT2D eigenvalue weighted by Crippen LogP contribution is -2.19. The first kappa shape index (κ1) is 18.0. The molecule has 2 aromatic carbocycles. The molecule has 0 spiro atoms. The molecule has 0 saturated carbocycles. The van der Waals surface area contributed by atoms with Gasteiger partial charge in [-0.05, 0) is 54.9 Å². The average molecular weight is 364 g/mol. The number of amidine groups is 1. The molecule has 1 aliphatic heterocycles. The van der Waals surface area contributed by atoms with Gasteiger partial charge in [-0.25, -0.2) is 4.99 Å². The first-order valence-corrected chi connectivity index (χ1v) is 9.08. The lowest BCUT2D eigenvalue weighted by atomic mass is 10.1. The number of nitrogens with zero attached hydrogens (tertiary/aromatic N) is 1. The Hall–Kier alpha value is -2.79. The first-order valence-electron chi connectivity index (χ1n) is 8.27. The Kier molecular flexibility index (Phi) is 5.58. The molecule has 0 aromatic heterocycles. The zero-order valence-corrected chi connectivity index (χ0v) is 15.6. The maximum absolute atomic E-state index is 12.3. The molecule has 1 amide bonds. The maximum atomic E-state index is 12.3. The Morgan fingerprint density at radius 2 is 2.00 bits per heavy atom. The molecule has 0 unspecified atom stereocenters. The van der Waals surface area contributed by atoms with E-state index in [1.54, 1.807) is 6.08 Å². The number of rotatable bonds is 5. The maximum Gasteiger partial charge on any atom is 0.264 e. The predicted octanol–water partition coefficient (Wildman–Crippen LogP) is 4.76. The summed E-state index contributed by atoms with van der Waals surface area (Å²) < 4.78 is 5.65. The van der Waals surface area contributed by atoms with E-state index in [-0.39, 0.29) is 5.91 Å². The minimum Gasteiger partial charge on any atom is -0.489 e. The summed E-state index contributed by atoms with van der Waals surface area (Å²) in [4.78, 5) is 17.5. The topological polar surface area (TPSA) is 50.7 Å². The van der Waals surface area contributed by atoms with Gasteiger partial charge in [0.15, 0.2) is 5.17 Å². The van der Waals surface area contributed by atoms with E-state index in [0.717, 1.165) is 16.8 Å². The van der Waals surface area contributed by atoms with Crippen LogP contribution in [0.4, 0.5) is 5.69 Å². The quantitative estimate of drug-likeness (QED) is 0.615. The van der Waals surface area contributed by atoms with E-state index in [4.69, 9.17) is 4.74 Å². The number of carbonyl (C=O) groups is 1. The van der Waals surface area contributed by atoms with E-state index in [1.807, 2.05) is 62.4 Å². The molecule has 3 rings (SSSR count). The molecule has 0 radical (unpaired) electrons. The Balaban J connectivity index is 1.86. The van der Waals surface area contributed by atoms with Crippen molar-refractivity contribution in [3.8, 4) is 5.75 Å². The van der Waals surface area contributed by atoms with Gasteiger partial charge in [-0.15, -0.1) is 0 Å². The highest BCUT2D eigenvalue weighted by Crippen LogP contribution is 2.31. The van der Waals surface area contributed by atoms with E-state index in [1.165, 1.54) is 17.3 Å². The van der Waals surface area contributed by atoms with Crippen LogP contribution in [0.2, 0.25) is 0 Å². The molecule has 2 aromatic rings. The average Bonchev–Trinajstić information content (AvgIpc) is 2.97. The van der Waals surface area contributed by atoms with Gasteiger partial charge in [-0.1, -0.05) is 43.0 Å². The molecule has 26 heavy (non-hydrogen) atoms. The first-order chi connectivity index (χ1) is 12.6. The molecule has 0 bridgehead atoms. The summed E-state index contributed by atoms with van der Waals surface area (Å²) in [5.41, 5.74) is 3.99. The molecule has 0 atom stereocenters. The van der Waals surface area contributed by atoms with Crippen molar-refractivity contribution in [3.63, 3.8) is 0 Å². The van der Waals surface area contributed by atoms with Gasteiger partial charge < -0.3 is 10.1 Å². The van der Waals surface area contributed by atoms with E-state index < -0.39 is 0 Å². The van der Waals surface area contributed by atoms with Crippen LogP contribution < -0.4 is 10.1 Å². The van der Waals surface area contributed by atoms with Crippen molar-refractivity contribution in [1.82, 2.24) is 5.32 Å². The van der Waals surface area contributed by atoms with Crippen molar-refractivity contribution in [1.29, 1.82) is 0 Å². The van der Waals surface area contributed by atoms with Crippen molar-refractivity contribution in [2.45, 2.75) is 13.8 Å². The molecular formula is C21H20N2O2S. The third-order valence-corrected chi connectivity index (χ3v) is 4.92. The van der Waals surface area contributed by atoms with Crippen LogP contribution >= 0.6 is 11.8 Å². The number of amides is 1. The lowest BCUT2D eigenvalue weighted by molar-refractivity contribution is -0.115. The molecule has 1 saturated heterocycles. The summed E-state index contributed by atoms with van der Waals surface area (Å²) in [7, 11) is 0. The number of ether oxygens (including phenoxy) is 1. The number of aryl methyl sites for hydroxylation is 1. The summed E-state index contributed by atoms with van der Waals surface area (Å²) in [6.45, 7) is 8.15. The smallest absolute Gasteiger partial charge is 0.264 e. The van der Waals surface area contributed by atoms with Crippen molar-refractivity contribution < 1.29 is 9.53 Å². The van der Waals surface area contributed by atoms with Gasteiger partial charge in [0.1, 0.15) is 12.4 Å². The van der Waals surface area contributed by atoms with Crippen molar-refractivity contribution in [3.05, 3.63) is 76.7 Å². The molecule has 4 nitrogen and oxygen atoms in total. The minimum atomic E-state index is -0.155. The van der Waals surface area contributed by atoms with Gasteiger partial charge in [0.2, 0.25) is 0 Å². The largest absolute Gasteiger partial charge is 0.489 e. The summed E-state index contributed by atoms with van der Waals surface area (Å²) in [6, 6.07) is 13.6. The Morgan fingerprint density at radius 1 is 1.19 bits per heavy atom. The molecular weight excluding hydrogens is 344 g/mol.